The van der Waals surface area contributed by atoms with Gasteiger partial charge in [-0.15, -0.1) is 5.10 Å². The molecule has 0 fully saturated rings. The van der Waals surface area contributed by atoms with E-state index in [9.17, 15) is 0 Å². The van der Waals surface area contributed by atoms with Crippen LogP contribution < -0.4 is 4.74 Å². The highest BCUT2D eigenvalue weighted by Crippen LogP contribution is 2.36. The molecular weight excluding hydrogens is 353 g/mol. The standard InChI is InChI=1S/C12H6BrCl2N3O/c13-6-3-7(14)5-8(4-6)19-12-9(15)1-2-10-11(12)17-18-16-10/h1-5H,(H,16,17,18). The second-order valence-electron chi connectivity index (χ2n) is 3.79. The summed E-state index contributed by atoms with van der Waals surface area (Å²) in [5, 5.41) is 11.5. The fourth-order valence-electron chi connectivity index (χ4n) is 1.67. The fourth-order valence-corrected chi connectivity index (χ4v) is 2.69. The molecule has 2 aromatic carbocycles. The van der Waals surface area contributed by atoms with Crippen LogP contribution in [0.4, 0.5) is 0 Å². The van der Waals surface area contributed by atoms with Gasteiger partial charge in [-0.25, -0.2) is 0 Å². The van der Waals surface area contributed by atoms with Crippen molar-refractivity contribution in [3.63, 3.8) is 0 Å². The lowest BCUT2D eigenvalue weighted by molar-refractivity contribution is 0.487. The highest BCUT2D eigenvalue weighted by atomic mass is 79.9. The predicted octanol–water partition coefficient (Wildman–Crippen LogP) is 4.82. The first-order chi connectivity index (χ1) is 9.13. The molecule has 1 aromatic heterocycles. The number of aromatic amines is 1. The van der Waals surface area contributed by atoms with Crippen molar-refractivity contribution in [2.45, 2.75) is 0 Å². The van der Waals surface area contributed by atoms with Crippen LogP contribution in [-0.2, 0) is 0 Å². The molecule has 0 aliphatic heterocycles. The number of nitrogens with one attached hydrogen (secondary N) is 1. The quantitative estimate of drug-likeness (QED) is 0.714. The zero-order valence-corrected chi connectivity index (χ0v) is 12.4. The van der Waals surface area contributed by atoms with Crippen LogP contribution in [0.15, 0.2) is 34.8 Å². The maximum Gasteiger partial charge on any atom is 0.175 e. The Morgan fingerprint density at radius 1 is 1.16 bits per heavy atom. The lowest BCUT2D eigenvalue weighted by Crippen LogP contribution is -1.87. The van der Waals surface area contributed by atoms with Crippen molar-refractivity contribution < 1.29 is 4.74 Å². The van der Waals surface area contributed by atoms with Gasteiger partial charge in [0.15, 0.2) is 11.3 Å². The van der Waals surface area contributed by atoms with Crippen molar-refractivity contribution >= 4 is 50.2 Å². The van der Waals surface area contributed by atoms with Crippen LogP contribution in [0.3, 0.4) is 0 Å². The smallest absolute Gasteiger partial charge is 0.175 e. The summed E-state index contributed by atoms with van der Waals surface area (Å²) in [4.78, 5) is 0. The zero-order chi connectivity index (χ0) is 13.4. The first-order valence-electron chi connectivity index (χ1n) is 5.27. The van der Waals surface area contributed by atoms with Crippen LogP contribution in [0.2, 0.25) is 10.0 Å². The van der Waals surface area contributed by atoms with Gasteiger partial charge in [-0.1, -0.05) is 44.3 Å². The van der Waals surface area contributed by atoms with E-state index in [1.165, 1.54) is 0 Å². The molecule has 4 nitrogen and oxygen atoms in total. The summed E-state index contributed by atoms with van der Waals surface area (Å²) in [6.07, 6.45) is 0. The number of benzene rings is 2. The van der Waals surface area contributed by atoms with Gasteiger partial charge in [-0.05, 0) is 30.3 Å². The van der Waals surface area contributed by atoms with Crippen molar-refractivity contribution in [1.29, 1.82) is 0 Å². The SMILES string of the molecule is Clc1cc(Br)cc(Oc2c(Cl)ccc3[nH]nnc23)c1. The molecule has 1 heterocycles. The maximum atomic E-state index is 6.14. The number of hydrogen-bond acceptors (Lipinski definition) is 3. The highest BCUT2D eigenvalue weighted by molar-refractivity contribution is 9.10. The molecule has 0 aliphatic carbocycles. The summed E-state index contributed by atoms with van der Waals surface area (Å²) in [7, 11) is 0. The highest BCUT2D eigenvalue weighted by Gasteiger charge is 2.12. The molecule has 0 saturated carbocycles. The summed E-state index contributed by atoms with van der Waals surface area (Å²) >= 11 is 15.5. The van der Waals surface area contributed by atoms with Gasteiger partial charge in [-0.2, -0.15) is 0 Å². The van der Waals surface area contributed by atoms with Gasteiger partial charge in [0.1, 0.15) is 5.75 Å². The van der Waals surface area contributed by atoms with Crippen molar-refractivity contribution in [2.75, 3.05) is 0 Å². The third kappa shape index (κ3) is 2.54. The lowest BCUT2D eigenvalue weighted by atomic mass is 10.3. The Hall–Kier alpha value is -1.30. The Bertz CT molecular complexity index is 740. The second-order valence-corrected chi connectivity index (χ2v) is 5.55. The molecule has 0 bridgehead atoms. The van der Waals surface area contributed by atoms with Crippen LogP contribution in [0.1, 0.15) is 0 Å². The number of H-pyrrole nitrogens is 1. The van der Waals surface area contributed by atoms with Gasteiger partial charge in [0.2, 0.25) is 0 Å². The van der Waals surface area contributed by atoms with E-state index in [0.29, 0.717) is 27.1 Å². The number of rotatable bonds is 2. The summed E-state index contributed by atoms with van der Waals surface area (Å²) in [6, 6.07) is 8.77. The van der Waals surface area contributed by atoms with Crippen molar-refractivity contribution in [1.82, 2.24) is 15.4 Å². The average molecular weight is 359 g/mol. The molecular formula is C12H6BrCl2N3O. The van der Waals surface area contributed by atoms with E-state index in [-0.39, 0.29) is 0 Å². The molecule has 3 aromatic rings. The third-order valence-corrected chi connectivity index (χ3v) is 3.43. The van der Waals surface area contributed by atoms with E-state index in [2.05, 4.69) is 31.3 Å². The molecule has 0 saturated heterocycles. The fraction of sp³-hybridized carbons (Fsp3) is 0. The predicted molar refractivity (Wildman–Crippen MR) is 78.1 cm³/mol. The minimum absolute atomic E-state index is 0.446. The summed E-state index contributed by atoms with van der Waals surface area (Å²) < 4.78 is 6.59. The number of fused-ring (bicyclic) bond motifs is 1. The topological polar surface area (TPSA) is 50.8 Å². The van der Waals surface area contributed by atoms with E-state index in [4.69, 9.17) is 27.9 Å². The Morgan fingerprint density at radius 2 is 2.00 bits per heavy atom. The van der Waals surface area contributed by atoms with Crippen molar-refractivity contribution in [3.8, 4) is 11.5 Å². The Morgan fingerprint density at radius 3 is 2.79 bits per heavy atom. The van der Waals surface area contributed by atoms with Crippen LogP contribution in [0.5, 0.6) is 11.5 Å². The monoisotopic (exact) mass is 357 g/mol. The van der Waals surface area contributed by atoms with Crippen LogP contribution in [0, 0.1) is 0 Å². The molecule has 96 valence electrons. The summed E-state index contributed by atoms with van der Waals surface area (Å²) in [6.45, 7) is 0. The molecule has 0 aliphatic rings. The van der Waals surface area contributed by atoms with E-state index < -0.39 is 0 Å². The number of ether oxygens (including phenoxy) is 1. The van der Waals surface area contributed by atoms with Gasteiger partial charge >= 0.3 is 0 Å². The zero-order valence-electron chi connectivity index (χ0n) is 9.32. The minimum atomic E-state index is 0.446. The van der Waals surface area contributed by atoms with Gasteiger partial charge in [0.25, 0.3) is 0 Å². The van der Waals surface area contributed by atoms with E-state index in [1.807, 2.05) is 0 Å². The molecule has 0 spiro atoms. The minimum Gasteiger partial charge on any atom is -0.453 e. The van der Waals surface area contributed by atoms with E-state index in [0.717, 1.165) is 9.99 Å². The molecule has 0 amide bonds. The van der Waals surface area contributed by atoms with Crippen molar-refractivity contribution in [3.05, 3.63) is 44.8 Å². The number of hydrogen-bond donors (Lipinski definition) is 1. The number of nitrogens with zero attached hydrogens (tertiary/aromatic N) is 2. The van der Waals surface area contributed by atoms with Gasteiger partial charge in [0.05, 0.1) is 10.5 Å². The molecule has 1 N–H and O–H groups in total. The van der Waals surface area contributed by atoms with Crippen molar-refractivity contribution in [2.24, 2.45) is 0 Å². The molecule has 3 rings (SSSR count). The number of aromatic nitrogens is 3. The van der Waals surface area contributed by atoms with Crippen LogP contribution in [-0.4, -0.2) is 15.4 Å². The largest absolute Gasteiger partial charge is 0.453 e. The average Bonchev–Trinajstić information content (AvgIpc) is 2.80. The van der Waals surface area contributed by atoms with Crippen LogP contribution in [0.25, 0.3) is 11.0 Å². The second kappa shape index (κ2) is 5.00. The summed E-state index contributed by atoms with van der Waals surface area (Å²) in [5.41, 5.74) is 1.32. The van der Waals surface area contributed by atoms with Gasteiger partial charge in [0, 0.05) is 9.50 Å². The normalized spacial score (nSPS) is 10.9. The number of halogens is 3. The van der Waals surface area contributed by atoms with Gasteiger partial charge < -0.3 is 4.74 Å². The Balaban J connectivity index is 2.09. The lowest BCUT2D eigenvalue weighted by Gasteiger charge is -2.08. The molecule has 0 atom stereocenters. The van der Waals surface area contributed by atoms with Gasteiger partial charge in [-0.3, -0.25) is 5.10 Å². The molecule has 0 unspecified atom stereocenters. The third-order valence-electron chi connectivity index (χ3n) is 2.46. The molecule has 7 heteroatoms. The molecule has 0 radical (unpaired) electrons. The van der Waals surface area contributed by atoms with Crippen LogP contribution >= 0.6 is 39.1 Å². The first kappa shape index (κ1) is 12.7. The van der Waals surface area contributed by atoms with E-state index in [1.54, 1.807) is 30.3 Å². The Kier molecular flexibility index (Phi) is 3.35. The maximum absolute atomic E-state index is 6.14. The van der Waals surface area contributed by atoms with E-state index >= 15 is 0 Å². The summed E-state index contributed by atoms with van der Waals surface area (Å²) in [5.74, 6) is 1.01. The Labute approximate surface area is 126 Å². The first-order valence-corrected chi connectivity index (χ1v) is 6.81. The molecule has 19 heavy (non-hydrogen) atoms.